The van der Waals surface area contributed by atoms with E-state index in [4.69, 9.17) is 4.74 Å². The second-order valence-electron chi connectivity index (χ2n) is 10.3. The van der Waals surface area contributed by atoms with Crippen molar-refractivity contribution in [2.75, 3.05) is 0 Å². The minimum atomic E-state index is -0.0491. The Morgan fingerprint density at radius 3 is 1.97 bits per heavy atom. The molecular weight excluding hydrogens is 382 g/mol. The molecule has 0 bridgehead atoms. The second-order valence-corrected chi connectivity index (χ2v) is 10.3. The Morgan fingerprint density at radius 1 is 0.839 bits per heavy atom. The molecule has 2 aliphatic carbocycles. The number of rotatable bonds is 11. The van der Waals surface area contributed by atoms with Crippen LogP contribution in [-0.4, -0.2) is 11.0 Å². The van der Waals surface area contributed by atoms with Crippen molar-refractivity contribution in [1.82, 2.24) is 4.98 Å². The van der Waals surface area contributed by atoms with Gasteiger partial charge in [0, 0.05) is 5.69 Å². The van der Waals surface area contributed by atoms with Gasteiger partial charge in [0.15, 0.2) is 0 Å². The van der Waals surface area contributed by atoms with Crippen LogP contribution in [0.25, 0.3) is 0 Å². The summed E-state index contributed by atoms with van der Waals surface area (Å²) in [6.45, 7) is 4.49. The zero-order valence-electron chi connectivity index (χ0n) is 20.1. The number of carbonyl (C=O) groups is 1. The third-order valence-electron chi connectivity index (χ3n) is 7.90. The van der Waals surface area contributed by atoms with Gasteiger partial charge in [-0.3, -0.25) is 9.78 Å². The predicted molar refractivity (Wildman–Crippen MR) is 128 cm³/mol. The van der Waals surface area contributed by atoms with Gasteiger partial charge < -0.3 is 4.74 Å². The normalized spacial score (nSPS) is 26.5. The van der Waals surface area contributed by atoms with Gasteiger partial charge in [0.1, 0.15) is 5.75 Å². The van der Waals surface area contributed by atoms with E-state index in [1.807, 2.05) is 12.1 Å². The first-order valence-electron chi connectivity index (χ1n) is 13.3. The Morgan fingerprint density at radius 2 is 1.42 bits per heavy atom. The van der Waals surface area contributed by atoms with Gasteiger partial charge in [-0.2, -0.15) is 0 Å². The molecule has 2 fully saturated rings. The van der Waals surface area contributed by atoms with E-state index in [-0.39, 0.29) is 11.9 Å². The molecule has 1 aromatic rings. The van der Waals surface area contributed by atoms with Gasteiger partial charge >= 0.3 is 5.97 Å². The van der Waals surface area contributed by atoms with Crippen molar-refractivity contribution in [3.63, 3.8) is 0 Å². The molecule has 0 unspecified atom stereocenters. The summed E-state index contributed by atoms with van der Waals surface area (Å²) in [7, 11) is 0. The van der Waals surface area contributed by atoms with Gasteiger partial charge in [-0.1, -0.05) is 78.1 Å². The van der Waals surface area contributed by atoms with Gasteiger partial charge in [0.2, 0.25) is 0 Å². The zero-order valence-corrected chi connectivity index (χ0v) is 20.1. The van der Waals surface area contributed by atoms with Crippen LogP contribution in [0.2, 0.25) is 0 Å². The third-order valence-corrected chi connectivity index (χ3v) is 7.90. The van der Waals surface area contributed by atoms with Crippen LogP contribution in [0.4, 0.5) is 0 Å². The molecule has 0 atom stereocenters. The van der Waals surface area contributed by atoms with Crippen LogP contribution in [0.5, 0.6) is 5.75 Å². The molecule has 0 saturated heterocycles. The highest BCUT2D eigenvalue weighted by Gasteiger charge is 2.29. The minimum absolute atomic E-state index is 0.0491. The van der Waals surface area contributed by atoms with E-state index in [0.717, 1.165) is 49.1 Å². The number of carbonyl (C=O) groups excluding carboxylic acids is 1. The lowest BCUT2D eigenvalue weighted by atomic mass is 9.75. The Labute approximate surface area is 190 Å². The molecule has 2 saturated carbocycles. The van der Waals surface area contributed by atoms with E-state index in [2.05, 4.69) is 18.8 Å². The maximum Gasteiger partial charge on any atom is 0.314 e. The summed E-state index contributed by atoms with van der Waals surface area (Å²) in [6.07, 6.45) is 22.3. The summed E-state index contributed by atoms with van der Waals surface area (Å²) in [6, 6.07) is 3.89. The highest BCUT2D eigenvalue weighted by Crippen LogP contribution is 2.38. The molecule has 0 radical (unpaired) electrons. The molecule has 1 heterocycles. The fourth-order valence-electron chi connectivity index (χ4n) is 5.64. The van der Waals surface area contributed by atoms with Gasteiger partial charge in [-0.25, -0.2) is 0 Å². The van der Waals surface area contributed by atoms with Crippen LogP contribution in [0.3, 0.4) is 0 Å². The standard InChI is InChI=1S/C28H45NO2/c1-3-5-7-22-9-11-23(12-10-22)13-14-24-15-17-25(18-16-24)28(30)31-27-20-19-26(29-21-27)8-6-4-2/h19-25H,3-18H2,1-2H3/t22-,23-,24-,25-. The van der Waals surface area contributed by atoms with Crippen molar-refractivity contribution in [2.45, 2.75) is 117 Å². The van der Waals surface area contributed by atoms with E-state index in [0.29, 0.717) is 5.75 Å². The Bertz CT molecular complexity index is 625. The monoisotopic (exact) mass is 427 g/mol. The first kappa shape index (κ1) is 24.3. The topological polar surface area (TPSA) is 39.2 Å². The average Bonchev–Trinajstić information content (AvgIpc) is 2.82. The molecule has 0 N–H and O–H groups in total. The van der Waals surface area contributed by atoms with E-state index in [9.17, 15) is 4.79 Å². The molecule has 0 aliphatic heterocycles. The van der Waals surface area contributed by atoms with Crippen molar-refractivity contribution >= 4 is 5.97 Å². The largest absolute Gasteiger partial charge is 0.425 e. The third kappa shape index (κ3) is 8.24. The summed E-state index contributed by atoms with van der Waals surface area (Å²) in [5.74, 6) is 3.43. The SMILES string of the molecule is CCCCc1ccc(OC(=O)[C@H]2CC[C@H](CC[C@H]3CC[C@H](CCCC)CC3)CC2)cn1. The average molecular weight is 428 g/mol. The highest BCUT2D eigenvalue weighted by molar-refractivity contribution is 5.75. The summed E-state index contributed by atoms with van der Waals surface area (Å²) >= 11 is 0. The fourth-order valence-corrected chi connectivity index (χ4v) is 5.64. The van der Waals surface area contributed by atoms with Crippen LogP contribution in [0, 0.1) is 23.7 Å². The number of pyridine rings is 1. The van der Waals surface area contributed by atoms with Crippen molar-refractivity contribution in [3.8, 4) is 5.75 Å². The molecule has 3 rings (SSSR count). The van der Waals surface area contributed by atoms with Gasteiger partial charge in [-0.15, -0.1) is 0 Å². The zero-order chi connectivity index (χ0) is 21.9. The predicted octanol–water partition coefficient (Wildman–Crippen LogP) is 7.91. The molecular formula is C28H45NO2. The van der Waals surface area contributed by atoms with Crippen LogP contribution in [0.1, 0.15) is 116 Å². The van der Waals surface area contributed by atoms with E-state index in [1.165, 1.54) is 77.0 Å². The van der Waals surface area contributed by atoms with Crippen LogP contribution in [-0.2, 0) is 11.2 Å². The van der Waals surface area contributed by atoms with Crippen LogP contribution in [0.15, 0.2) is 18.3 Å². The molecule has 3 nitrogen and oxygen atoms in total. The molecule has 0 aromatic carbocycles. The number of aryl methyl sites for hydroxylation is 1. The number of aromatic nitrogens is 1. The summed E-state index contributed by atoms with van der Waals surface area (Å²) in [5, 5.41) is 0. The van der Waals surface area contributed by atoms with Crippen molar-refractivity contribution in [3.05, 3.63) is 24.0 Å². The van der Waals surface area contributed by atoms with E-state index >= 15 is 0 Å². The lowest BCUT2D eigenvalue weighted by Crippen LogP contribution is -2.26. The number of hydrogen-bond acceptors (Lipinski definition) is 3. The molecule has 31 heavy (non-hydrogen) atoms. The fraction of sp³-hybridized carbons (Fsp3) is 0.786. The quantitative estimate of drug-likeness (QED) is 0.337. The molecule has 3 heteroatoms. The summed E-state index contributed by atoms with van der Waals surface area (Å²) in [5.41, 5.74) is 1.08. The van der Waals surface area contributed by atoms with Crippen LogP contribution < -0.4 is 4.74 Å². The first-order valence-corrected chi connectivity index (χ1v) is 13.3. The number of ether oxygens (including phenoxy) is 1. The van der Waals surface area contributed by atoms with Crippen molar-refractivity contribution in [2.24, 2.45) is 23.7 Å². The Hall–Kier alpha value is -1.38. The minimum Gasteiger partial charge on any atom is -0.425 e. The van der Waals surface area contributed by atoms with E-state index in [1.54, 1.807) is 6.20 Å². The lowest BCUT2D eigenvalue weighted by molar-refractivity contribution is -0.140. The molecule has 174 valence electrons. The molecule has 0 spiro atoms. The van der Waals surface area contributed by atoms with Gasteiger partial charge in [-0.05, 0) is 68.4 Å². The van der Waals surface area contributed by atoms with E-state index < -0.39 is 0 Å². The lowest BCUT2D eigenvalue weighted by Gasteiger charge is -2.31. The Kier molecular flexibility index (Phi) is 10.4. The second kappa shape index (κ2) is 13.2. The molecule has 1 aromatic heterocycles. The van der Waals surface area contributed by atoms with Crippen molar-refractivity contribution in [1.29, 1.82) is 0 Å². The summed E-state index contributed by atoms with van der Waals surface area (Å²) < 4.78 is 5.64. The smallest absolute Gasteiger partial charge is 0.314 e. The summed E-state index contributed by atoms with van der Waals surface area (Å²) in [4.78, 5) is 17.0. The Balaban J connectivity index is 1.31. The van der Waals surface area contributed by atoms with Gasteiger partial charge in [0.05, 0.1) is 12.1 Å². The number of hydrogen-bond donors (Lipinski definition) is 0. The van der Waals surface area contributed by atoms with Gasteiger partial charge in [0.25, 0.3) is 0 Å². The number of unbranched alkanes of at least 4 members (excludes halogenated alkanes) is 2. The highest BCUT2D eigenvalue weighted by atomic mass is 16.5. The maximum atomic E-state index is 12.6. The van der Waals surface area contributed by atoms with Crippen LogP contribution >= 0.6 is 0 Å². The van der Waals surface area contributed by atoms with Crippen molar-refractivity contribution < 1.29 is 9.53 Å². The number of esters is 1. The first-order chi connectivity index (χ1) is 15.2. The molecule has 0 amide bonds. The number of nitrogens with zero attached hydrogens (tertiary/aromatic N) is 1. The molecule has 2 aliphatic rings. The maximum absolute atomic E-state index is 12.6.